The zero-order valence-corrected chi connectivity index (χ0v) is 8.43. The lowest BCUT2D eigenvalue weighted by atomic mass is 10.1. The summed E-state index contributed by atoms with van der Waals surface area (Å²) in [6.45, 7) is 3.25. The van der Waals surface area contributed by atoms with Crippen molar-refractivity contribution in [3.8, 4) is 0 Å². The van der Waals surface area contributed by atoms with Gasteiger partial charge in [-0.15, -0.1) is 0 Å². The molecule has 1 aromatic heterocycles. The number of nitrogens with one attached hydrogen (secondary N) is 1. The van der Waals surface area contributed by atoms with Crippen molar-refractivity contribution in [2.24, 2.45) is 5.41 Å². The zero-order valence-electron chi connectivity index (χ0n) is 7.68. The molecule has 1 aromatic rings. The first-order chi connectivity index (χ1) is 6.20. The molecule has 3 heteroatoms. The molecule has 0 atom stereocenters. The van der Waals surface area contributed by atoms with E-state index in [1.165, 1.54) is 12.8 Å². The van der Waals surface area contributed by atoms with Crippen molar-refractivity contribution in [3.63, 3.8) is 0 Å². The summed E-state index contributed by atoms with van der Waals surface area (Å²) < 4.78 is 0. The van der Waals surface area contributed by atoms with Gasteiger partial charge in [-0.1, -0.05) is 18.5 Å². The predicted octanol–water partition coefficient (Wildman–Crippen LogP) is 2.95. The van der Waals surface area contributed by atoms with Crippen LogP contribution >= 0.6 is 11.6 Å². The van der Waals surface area contributed by atoms with Crippen LogP contribution in [0.2, 0.25) is 5.02 Å². The van der Waals surface area contributed by atoms with Crippen molar-refractivity contribution in [1.29, 1.82) is 0 Å². The number of nitrogens with zero attached hydrogens (tertiary/aromatic N) is 1. The summed E-state index contributed by atoms with van der Waals surface area (Å²) >= 11 is 5.95. The normalized spacial score (nSPS) is 18.3. The van der Waals surface area contributed by atoms with E-state index in [1.807, 2.05) is 12.1 Å². The van der Waals surface area contributed by atoms with Crippen LogP contribution in [0.4, 0.5) is 5.82 Å². The topological polar surface area (TPSA) is 24.9 Å². The molecule has 1 heterocycles. The van der Waals surface area contributed by atoms with Crippen LogP contribution in [0.5, 0.6) is 0 Å². The number of halogens is 1. The first kappa shape index (κ1) is 8.82. The van der Waals surface area contributed by atoms with E-state index in [0.29, 0.717) is 10.4 Å². The minimum atomic E-state index is 0.487. The molecule has 13 heavy (non-hydrogen) atoms. The monoisotopic (exact) mass is 196 g/mol. The zero-order chi connectivity index (χ0) is 9.31. The van der Waals surface area contributed by atoms with Gasteiger partial charge in [0.25, 0.3) is 0 Å². The van der Waals surface area contributed by atoms with Crippen molar-refractivity contribution in [2.45, 2.75) is 19.8 Å². The van der Waals surface area contributed by atoms with Crippen LogP contribution in [-0.4, -0.2) is 11.5 Å². The van der Waals surface area contributed by atoms with Crippen LogP contribution in [0.1, 0.15) is 19.8 Å². The highest BCUT2D eigenvalue weighted by molar-refractivity contribution is 6.32. The maximum Gasteiger partial charge on any atom is 0.144 e. The number of anilines is 1. The third kappa shape index (κ3) is 2.13. The Hall–Kier alpha value is -0.760. The van der Waals surface area contributed by atoms with Gasteiger partial charge in [0.2, 0.25) is 0 Å². The van der Waals surface area contributed by atoms with E-state index in [9.17, 15) is 0 Å². The maximum absolute atomic E-state index is 5.95. The Morgan fingerprint density at radius 3 is 3.00 bits per heavy atom. The molecule has 2 nitrogen and oxygen atoms in total. The predicted molar refractivity (Wildman–Crippen MR) is 55.1 cm³/mol. The number of hydrogen-bond donors (Lipinski definition) is 1. The summed E-state index contributed by atoms with van der Waals surface area (Å²) in [5.41, 5.74) is 0.487. The smallest absolute Gasteiger partial charge is 0.144 e. The maximum atomic E-state index is 5.95. The lowest BCUT2D eigenvalue weighted by Crippen LogP contribution is -2.12. The van der Waals surface area contributed by atoms with Crippen molar-refractivity contribution in [2.75, 3.05) is 11.9 Å². The van der Waals surface area contributed by atoms with Gasteiger partial charge in [0.15, 0.2) is 0 Å². The van der Waals surface area contributed by atoms with E-state index >= 15 is 0 Å². The summed E-state index contributed by atoms with van der Waals surface area (Å²) in [6.07, 6.45) is 4.37. The Morgan fingerprint density at radius 1 is 1.62 bits per heavy atom. The Kier molecular flexibility index (Phi) is 2.16. The van der Waals surface area contributed by atoms with Gasteiger partial charge in [-0.05, 0) is 30.4 Å². The Balaban J connectivity index is 1.97. The summed E-state index contributed by atoms with van der Waals surface area (Å²) in [4.78, 5) is 4.17. The molecule has 0 saturated heterocycles. The molecule has 0 radical (unpaired) electrons. The Morgan fingerprint density at radius 2 is 2.38 bits per heavy atom. The van der Waals surface area contributed by atoms with Crippen molar-refractivity contribution < 1.29 is 0 Å². The number of pyridine rings is 1. The quantitative estimate of drug-likeness (QED) is 0.804. The molecule has 0 aromatic carbocycles. The molecule has 1 fully saturated rings. The van der Waals surface area contributed by atoms with Crippen LogP contribution in [0.25, 0.3) is 0 Å². The highest BCUT2D eigenvalue weighted by atomic mass is 35.5. The summed E-state index contributed by atoms with van der Waals surface area (Å²) in [5.74, 6) is 0.803. The van der Waals surface area contributed by atoms with E-state index in [2.05, 4.69) is 17.2 Å². The number of hydrogen-bond acceptors (Lipinski definition) is 2. The van der Waals surface area contributed by atoms with Crippen LogP contribution in [0.3, 0.4) is 0 Å². The van der Waals surface area contributed by atoms with E-state index in [1.54, 1.807) is 6.20 Å². The fourth-order valence-corrected chi connectivity index (χ4v) is 1.39. The van der Waals surface area contributed by atoms with Gasteiger partial charge >= 0.3 is 0 Å². The third-order valence-corrected chi connectivity index (χ3v) is 2.85. The number of rotatable bonds is 3. The van der Waals surface area contributed by atoms with Crippen molar-refractivity contribution in [3.05, 3.63) is 23.4 Å². The average Bonchev–Trinajstić information content (AvgIpc) is 2.83. The lowest BCUT2D eigenvalue weighted by Gasteiger charge is -2.11. The summed E-state index contributed by atoms with van der Waals surface area (Å²) in [7, 11) is 0. The van der Waals surface area contributed by atoms with Crippen molar-refractivity contribution in [1.82, 2.24) is 4.98 Å². The largest absolute Gasteiger partial charge is 0.368 e. The first-order valence-corrected chi connectivity index (χ1v) is 4.92. The summed E-state index contributed by atoms with van der Waals surface area (Å²) in [5, 5.41) is 3.97. The minimum absolute atomic E-state index is 0.487. The third-order valence-electron chi connectivity index (χ3n) is 2.54. The van der Waals surface area contributed by atoms with Gasteiger partial charge < -0.3 is 5.32 Å². The first-order valence-electron chi connectivity index (χ1n) is 4.54. The second kappa shape index (κ2) is 3.18. The lowest BCUT2D eigenvalue weighted by molar-refractivity contribution is 0.609. The standard InChI is InChI=1S/C10H13ClN2/c1-10(4-5-10)7-13-9-8(11)3-2-6-12-9/h2-3,6H,4-5,7H2,1H3,(H,12,13). The Labute approximate surface area is 83.3 Å². The van der Waals surface area contributed by atoms with E-state index in [4.69, 9.17) is 11.6 Å². The molecule has 1 saturated carbocycles. The fraction of sp³-hybridized carbons (Fsp3) is 0.500. The van der Waals surface area contributed by atoms with E-state index in [0.717, 1.165) is 12.4 Å². The molecule has 0 spiro atoms. The molecule has 0 bridgehead atoms. The van der Waals surface area contributed by atoms with Gasteiger partial charge in [-0.25, -0.2) is 4.98 Å². The van der Waals surface area contributed by atoms with Crippen LogP contribution in [-0.2, 0) is 0 Å². The van der Waals surface area contributed by atoms with Crippen LogP contribution in [0.15, 0.2) is 18.3 Å². The number of aromatic nitrogens is 1. The van der Waals surface area contributed by atoms with Gasteiger partial charge in [0, 0.05) is 12.7 Å². The Bertz CT molecular complexity index is 308. The highest BCUT2D eigenvalue weighted by Crippen LogP contribution is 2.44. The summed E-state index contributed by atoms with van der Waals surface area (Å²) in [6, 6.07) is 3.69. The molecule has 1 N–H and O–H groups in total. The van der Waals surface area contributed by atoms with Gasteiger partial charge in [-0.3, -0.25) is 0 Å². The van der Waals surface area contributed by atoms with Crippen LogP contribution < -0.4 is 5.32 Å². The average molecular weight is 197 g/mol. The fourth-order valence-electron chi connectivity index (χ4n) is 1.20. The van der Waals surface area contributed by atoms with E-state index in [-0.39, 0.29) is 0 Å². The van der Waals surface area contributed by atoms with Gasteiger partial charge in [0.05, 0.1) is 5.02 Å². The van der Waals surface area contributed by atoms with Gasteiger partial charge in [0.1, 0.15) is 5.82 Å². The molecule has 1 aliphatic carbocycles. The van der Waals surface area contributed by atoms with E-state index < -0.39 is 0 Å². The van der Waals surface area contributed by atoms with Crippen molar-refractivity contribution >= 4 is 17.4 Å². The molecular weight excluding hydrogens is 184 g/mol. The highest BCUT2D eigenvalue weighted by Gasteiger charge is 2.36. The van der Waals surface area contributed by atoms with Gasteiger partial charge in [-0.2, -0.15) is 0 Å². The second-order valence-corrected chi connectivity index (χ2v) is 4.41. The van der Waals surface area contributed by atoms with Crippen LogP contribution in [0, 0.1) is 5.41 Å². The SMILES string of the molecule is CC1(CNc2ncccc2Cl)CC1. The molecule has 70 valence electrons. The second-order valence-electron chi connectivity index (χ2n) is 4.00. The molecule has 1 aliphatic rings. The molecule has 0 amide bonds. The molecule has 0 unspecified atom stereocenters. The molecule has 0 aliphatic heterocycles. The minimum Gasteiger partial charge on any atom is -0.368 e. The molecule has 2 rings (SSSR count). The molecular formula is C10H13ClN2.